The van der Waals surface area contributed by atoms with Crippen LogP contribution in [0, 0.1) is 0 Å². The first-order chi connectivity index (χ1) is 12.1. The Morgan fingerprint density at radius 2 is 1.72 bits per heavy atom. The molecule has 0 radical (unpaired) electrons. The third-order valence-corrected chi connectivity index (χ3v) is 5.26. The van der Waals surface area contributed by atoms with Crippen molar-refractivity contribution in [2.24, 2.45) is 4.99 Å². The van der Waals surface area contributed by atoms with E-state index in [1.807, 2.05) is 41.8 Å². The smallest absolute Gasteiger partial charge is 0.190 e. The monoisotopic (exact) mass is 412 g/mol. The van der Waals surface area contributed by atoms with E-state index in [9.17, 15) is 5.11 Å². The van der Waals surface area contributed by atoms with E-state index in [0.717, 1.165) is 21.7 Å². The number of rotatable bonds is 5. The van der Waals surface area contributed by atoms with Gasteiger partial charge in [0.15, 0.2) is 4.80 Å². The predicted molar refractivity (Wildman–Crippen MR) is 106 cm³/mol. The molecule has 3 rings (SSSR count). The third-order valence-electron chi connectivity index (χ3n) is 3.60. The summed E-state index contributed by atoms with van der Waals surface area (Å²) in [6, 6.07) is 12.8. The quantitative estimate of drug-likeness (QED) is 0.564. The van der Waals surface area contributed by atoms with Gasteiger partial charge in [0.25, 0.3) is 0 Å². The Bertz CT molecular complexity index is 932. The van der Waals surface area contributed by atoms with Crippen LogP contribution in [-0.4, -0.2) is 16.3 Å². The van der Waals surface area contributed by atoms with Crippen molar-refractivity contribution < 1.29 is 5.11 Å². The van der Waals surface area contributed by atoms with E-state index >= 15 is 0 Å². The van der Waals surface area contributed by atoms with Crippen LogP contribution in [0.1, 0.15) is 6.42 Å². The van der Waals surface area contributed by atoms with Crippen LogP contribution >= 0.6 is 46.1 Å². The molecule has 25 heavy (non-hydrogen) atoms. The number of hydrogen-bond acceptors (Lipinski definition) is 3. The predicted octanol–water partition coefficient (Wildman–Crippen LogP) is 5.79. The van der Waals surface area contributed by atoms with Gasteiger partial charge >= 0.3 is 0 Å². The fourth-order valence-corrected chi connectivity index (χ4v) is 3.98. The molecule has 0 atom stereocenters. The van der Waals surface area contributed by atoms with Gasteiger partial charge in [-0.3, -0.25) is 0 Å². The zero-order valence-corrected chi connectivity index (χ0v) is 16.2. The molecule has 3 aromatic rings. The van der Waals surface area contributed by atoms with Crippen LogP contribution in [-0.2, 0) is 6.54 Å². The summed E-state index contributed by atoms with van der Waals surface area (Å²) in [6.45, 7) is 0.748. The molecule has 0 saturated heterocycles. The summed E-state index contributed by atoms with van der Waals surface area (Å²) >= 11 is 19.8. The molecule has 1 N–H and O–H groups in total. The van der Waals surface area contributed by atoms with Gasteiger partial charge in [-0.15, -0.1) is 11.3 Å². The maximum atomic E-state index is 9.23. The lowest BCUT2D eigenvalue weighted by atomic mass is 10.1. The van der Waals surface area contributed by atoms with Crippen LogP contribution in [0.3, 0.4) is 0 Å². The number of aromatic nitrogens is 1. The third kappa shape index (κ3) is 4.46. The molecule has 0 amide bonds. The SMILES string of the molecule is OCCCn1c(-c2ccc(Cl)cc2Cl)csc1=Nc1ccc(Cl)cc1. The number of aliphatic hydroxyl groups is 1. The Labute approximate surface area is 164 Å². The van der Waals surface area contributed by atoms with Crippen molar-refractivity contribution >= 4 is 51.8 Å². The van der Waals surface area contributed by atoms with Crippen LogP contribution < -0.4 is 4.80 Å². The van der Waals surface area contributed by atoms with Gasteiger partial charge in [0.2, 0.25) is 0 Å². The topological polar surface area (TPSA) is 37.5 Å². The second kappa shape index (κ2) is 8.39. The van der Waals surface area contributed by atoms with E-state index in [0.29, 0.717) is 28.0 Å². The Morgan fingerprint density at radius 3 is 2.40 bits per heavy atom. The van der Waals surface area contributed by atoms with Crippen LogP contribution in [0.2, 0.25) is 15.1 Å². The minimum atomic E-state index is 0.108. The molecule has 0 spiro atoms. The Kier molecular flexibility index (Phi) is 6.20. The van der Waals surface area contributed by atoms with E-state index in [2.05, 4.69) is 4.57 Å². The van der Waals surface area contributed by atoms with Crippen molar-refractivity contribution in [2.75, 3.05) is 6.61 Å². The summed E-state index contributed by atoms with van der Waals surface area (Å²) in [7, 11) is 0. The number of thiazole rings is 1. The van der Waals surface area contributed by atoms with Gasteiger partial charge in [-0.25, -0.2) is 4.99 Å². The first-order valence-electron chi connectivity index (χ1n) is 7.63. The van der Waals surface area contributed by atoms with Crippen molar-refractivity contribution in [3.63, 3.8) is 0 Å². The van der Waals surface area contributed by atoms with Crippen LogP contribution in [0.25, 0.3) is 11.3 Å². The Morgan fingerprint density at radius 1 is 1.00 bits per heavy atom. The second-order valence-electron chi connectivity index (χ2n) is 5.34. The van der Waals surface area contributed by atoms with Crippen molar-refractivity contribution in [1.29, 1.82) is 0 Å². The first-order valence-corrected chi connectivity index (χ1v) is 9.65. The molecule has 0 bridgehead atoms. The maximum absolute atomic E-state index is 9.23. The van der Waals surface area contributed by atoms with Crippen molar-refractivity contribution in [3.8, 4) is 11.3 Å². The number of aliphatic hydroxyl groups excluding tert-OH is 1. The van der Waals surface area contributed by atoms with Gasteiger partial charge in [-0.1, -0.05) is 34.8 Å². The normalized spacial score (nSPS) is 11.9. The molecule has 3 nitrogen and oxygen atoms in total. The molecule has 0 fully saturated rings. The maximum Gasteiger partial charge on any atom is 0.190 e. The van der Waals surface area contributed by atoms with Crippen molar-refractivity contribution in [1.82, 2.24) is 4.57 Å². The summed E-state index contributed by atoms with van der Waals surface area (Å²) < 4.78 is 2.06. The molecule has 0 saturated carbocycles. The number of halogens is 3. The Hall–Kier alpha value is -1.30. The van der Waals surface area contributed by atoms with Crippen LogP contribution in [0.4, 0.5) is 5.69 Å². The first kappa shape index (κ1) is 18.5. The van der Waals surface area contributed by atoms with Gasteiger partial charge in [-0.05, 0) is 48.9 Å². The zero-order chi connectivity index (χ0) is 17.8. The second-order valence-corrected chi connectivity index (χ2v) is 7.46. The molecule has 0 aliphatic rings. The summed E-state index contributed by atoms with van der Waals surface area (Å²) in [5.74, 6) is 0. The van der Waals surface area contributed by atoms with Gasteiger partial charge in [-0.2, -0.15) is 0 Å². The van der Waals surface area contributed by atoms with Gasteiger partial charge in [0.05, 0.1) is 16.4 Å². The lowest BCUT2D eigenvalue weighted by Crippen LogP contribution is -2.16. The Balaban J connectivity index is 2.11. The highest BCUT2D eigenvalue weighted by atomic mass is 35.5. The van der Waals surface area contributed by atoms with E-state index in [1.54, 1.807) is 6.07 Å². The van der Waals surface area contributed by atoms with E-state index < -0.39 is 0 Å². The highest BCUT2D eigenvalue weighted by molar-refractivity contribution is 7.07. The molecule has 0 aliphatic carbocycles. The number of hydrogen-bond donors (Lipinski definition) is 1. The summed E-state index contributed by atoms with van der Waals surface area (Å²) in [4.78, 5) is 5.53. The van der Waals surface area contributed by atoms with Crippen molar-refractivity contribution in [3.05, 3.63) is 67.7 Å². The minimum absolute atomic E-state index is 0.108. The summed E-state index contributed by atoms with van der Waals surface area (Å²) in [5, 5.41) is 13.1. The van der Waals surface area contributed by atoms with Crippen LogP contribution in [0.5, 0.6) is 0 Å². The molecule has 0 unspecified atom stereocenters. The van der Waals surface area contributed by atoms with E-state index in [-0.39, 0.29) is 6.61 Å². The fraction of sp³-hybridized carbons (Fsp3) is 0.167. The number of benzene rings is 2. The number of nitrogens with zero attached hydrogens (tertiary/aromatic N) is 2. The molecule has 0 aliphatic heterocycles. The average Bonchev–Trinajstić information content (AvgIpc) is 2.97. The van der Waals surface area contributed by atoms with E-state index in [4.69, 9.17) is 39.8 Å². The molecule has 2 aromatic carbocycles. The van der Waals surface area contributed by atoms with Gasteiger partial charge < -0.3 is 9.67 Å². The molecule has 1 aromatic heterocycles. The minimum Gasteiger partial charge on any atom is -0.396 e. The molecule has 130 valence electrons. The van der Waals surface area contributed by atoms with E-state index in [1.165, 1.54) is 11.3 Å². The zero-order valence-electron chi connectivity index (χ0n) is 13.1. The molecule has 1 heterocycles. The molecule has 7 heteroatoms. The van der Waals surface area contributed by atoms with Crippen molar-refractivity contribution in [2.45, 2.75) is 13.0 Å². The molecular formula is C18H15Cl3N2OS. The summed E-state index contributed by atoms with van der Waals surface area (Å²) in [5.41, 5.74) is 2.66. The van der Waals surface area contributed by atoms with Gasteiger partial charge in [0, 0.05) is 34.1 Å². The van der Waals surface area contributed by atoms with Gasteiger partial charge in [0.1, 0.15) is 0 Å². The largest absolute Gasteiger partial charge is 0.396 e. The highest BCUT2D eigenvalue weighted by Crippen LogP contribution is 2.31. The molecular weight excluding hydrogens is 399 g/mol. The lowest BCUT2D eigenvalue weighted by molar-refractivity contribution is 0.279. The average molecular weight is 414 g/mol. The van der Waals surface area contributed by atoms with Crippen LogP contribution in [0.15, 0.2) is 52.8 Å². The fourth-order valence-electron chi connectivity index (χ4n) is 2.40. The summed E-state index contributed by atoms with van der Waals surface area (Å²) in [6.07, 6.45) is 0.628. The standard InChI is InChI=1S/C18H15Cl3N2OS/c19-12-2-5-14(6-3-12)22-18-23(8-1-9-24)17(11-25-18)15-7-4-13(20)10-16(15)21/h2-7,10-11,24H,1,8-9H2. The highest BCUT2D eigenvalue weighted by Gasteiger charge is 2.11. The lowest BCUT2D eigenvalue weighted by Gasteiger charge is -2.10.